The minimum Gasteiger partial charge on any atom is -0.497 e. The van der Waals surface area contributed by atoms with Crippen LogP contribution < -0.4 is 9.47 Å². The van der Waals surface area contributed by atoms with Gasteiger partial charge in [0.25, 0.3) is 11.8 Å². The first kappa shape index (κ1) is 16.5. The number of halogens is 2. The highest BCUT2D eigenvalue weighted by molar-refractivity contribution is 5.97. The standard InChI is InChI=1S/C15H19F2NO4/c1-21-11-3-4-12(13(7-11)22-2)14(20)18-6-5-15(16,17)10(8-18)9-19/h3-4,7,10,19H,5-6,8-9H2,1-2H3. The van der Waals surface area contributed by atoms with Gasteiger partial charge >= 0.3 is 0 Å². The van der Waals surface area contributed by atoms with Gasteiger partial charge in [-0.2, -0.15) is 0 Å². The zero-order valence-corrected chi connectivity index (χ0v) is 12.5. The van der Waals surface area contributed by atoms with Gasteiger partial charge in [0.2, 0.25) is 0 Å². The number of likely N-dealkylation sites (tertiary alicyclic amines) is 1. The number of alkyl halides is 2. The molecule has 1 aromatic carbocycles. The van der Waals surface area contributed by atoms with Crippen LogP contribution in [0.25, 0.3) is 0 Å². The molecule has 1 fully saturated rings. The molecule has 0 radical (unpaired) electrons. The van der Waals surface area contributed by atoms with Gasteiger partial charge in [0.05, 0.1) is 32.3 Å². The molecular weight excluding hydrogens is 296 g/mol. The van der Waals surface area contributed by atoms with Crippen molar-refractivity contribution >= 4 is 5.91 Å². The Hall–Kier alpha value is -1.89. The number of aliphatic hydroxyl groups is 1. The van der Waals surface area contributed by atoms with E-state index in [1.807, 2.05) is 0 Å². The molecule has 1 saturated heterocycles. The van der Waals surface area contributed by atoms with E-state index in [1.54, 1.807) is 18.2 Å². The summed E-state index contributed by atoms with van der Waals surface area (Å²) in [6.07, 6.45) is -0.456. The SMILES string of the molecule is COc1ccc(C(=O)N2CCC(F)(F)C(CO)C2)c(OC)c1. The number of carbonyl (C=O) groups is 1. The Balaban J connectivity index is 2.22. The van der Waals surface area contributed by atoms with Gasteiger partial charge in [0.15, 0.2) is 0 Å². The average molecular weight is 315 g/mol. The molecule has 1 N–H and O–H groups in total. The quantitative estimate of drug-likeness (QED) is 0.920. The number of amides is 1. The highest BCUT2D eigenvalue weighted by Gasteiger charge is 2.45. The number of methoxy groups -OCH3 is 2. The molecule has 1 aromatic rings. The van der Waals surface area contributed by atoms with Crippen molar-refractivity contribution in [1.29, 1.82) is 0 Å². The van der Waals surface area contributed by atoms with Crippen molar-refractivity contribution in [2.75, 3.05) is 33.9 Å². The van der Waals surface area contributed by atoms with Crippen molar-refractivity contribution in [1.82, 2.24) is 4.90 Å². The Kier molecular flexibility index (Phi) is 4.85. The molecule has 1 unspecified atom stereocenters. The fourth-order valence-electron chi connectivity index (χ4n) is 2.50. The highest BCUT2D eigenvalue weighted by Crippen LogP contribution is 2.34. The van der Waals surface area contributed by atoms with Gasteiger partial charge < -0.3 is 19.5 Å². The summed E-state index contributed by atoms with van der Waals surface area (Å²) in [5.74, 6) is -3.73. The van der Waals surface area contributed by atoms with Gasteiger partial charge in [0.1, 0.15) is 11.5 Å². The van der Waals surface area contributed by atoms with Crippen LogP contribution in [0.2, 0.25) is 0 Å². The number of rotatable bonds is 4. The van der Waals surface area contributed by atoms with Gasteiger partial charge in [-0.1, -0.05) is 0 Å². The molecular formula is C15H19F2NO4. The van der Waals surface area contributed by atoms with Crippen LogP contribution in [0.1, 0.15) is 16.8 Å². The number of aliphatic hydroxyl groups excluding tert-OH is 1. The summed E-state index contributed by atoms with van der Waals surface area (Å²) in [7, 11) is 2.92. The van der Waals surface area contributed by atoms with Crippen molar-refractivity contribution < 1.29 is 28.2 Å². The maximum Gasteiger partial charge on any atom is 0.257 e. The molecule has 2 rings (SSSR count). The number of piperidine rings is 1. The van der Waals surface area contributed by atoms with Crippen LogP contribution in [-0.2, 0) is 0 Å². The largest absolute Gasteiger partial charge is 0.497 e. The molecule has 0 bridgehead atoms. The average Bonchev–Trinajstić information content (AvgIpc) is 2.53. The van der Waals surface area contributed by atoms with Gasteiger partial charge in [-0.15, -0.1) is 0 Å². The van der Waals surface area contributed by atoms with E-state index in [2.05, 4.69) is 0 Å². The topological polar surface area (TPSA) is 59.0 Å². The van der Waals surface area contributed by atoms with Gasteiger partial charge in [-0.3, -0.25) is 4.79 Å². The predicted octanol–water partition coefficient (Wildman–Crippen LogP) is 1.79. The number of benzene rings is 1. The summed E-state index contributed by atoms with van der Waals surface area (Å²) in [5.41, 5.74) is 0.283. The van der Waals surface area contributed by atoms with Crippen LogP contribution in [0, 0.1) is 5.92 Å². The van der Waals surface area contributed by atoms with Crippen LogP contribution in [0.15, 0.2) is 18.2 Å². The molecule has 1 heterocycles. The zero-order chi connectivity index (χ0) is 16.3. The smallest absolute Gasteiger partial charge is 0.257 e. The minimum atomic E-state index is -2.95. The van der Waals surface area contributed by atoms with E-state index in [0.717, 1.165) is 0 Å². The summed E-state index contributed by atoms with van der Waals surface area (Å²) < 4.78 is 37.5. The van der Waals surface area contributed by atoms with Crippen molar-refractivity contribution in [2.45, 2.75) is 12.3 Å². The number of hydrogen-bond acceptors (Lipinski definition) is 4. The second-order valence-electron chi connectivity index (χ2n) is 5.21. The van der Waals surface area contributed by atoms with Crippen LogP contribution in [0.3, 0.4) is 0 Å². The molecule has 1 atom stereocenters. The molecule has 122 valence electrons. The summed E-state index contributed by atoms with van der Waals surface area (Å²) >= 11 is 0. The van der Waals surface area contributed by atoms with E-state index >= 15 is 0 Å². The third-order valence-corrected chi connectivity index (χ3v) is 3.90. The summed E-state index contributed by atoms with van der Waals surface area (Å²) in [4.78, 5) is 13.9. The first-order valence-electron chi connectivity index (χ1n) is 6.93. The Morgan fingerprint density at radius 2 is 2.14 bits per heavy atom. The lowest BCUT2D eigenvalue weighted by atomic mass is 9.93. The first-order chi connectivity index (χ1) is 10.4. The number of ether oxygens (including phenoxy) is 2. The molecule has 7 heteroatoms. The van der Waals surface area contributed by atoms with Gasteiger partial charge in [-0.25, -0.2) is 8.78 Å². The Bertz CT molecular complexity index is 550. The van der Waals surface area contributed by atoms with E-state index in [-0.39, 0.29) is 18.7 Å². The lowest BCUT2D eigenvalue weighted by Crippen LogP contribution is -2.50. The third-order valence-electron chi connectivity index (χ3n) is 3.90. The Morgan fingerprint density at radius 3 is 2.73 bits per heavy atom. The molecule has 0 aromatic heterocycles. The van der Waals surface area contributed by atoms with Crippen molar-refractivity contribution in [3.05, 3.63) is 23.8 Å². The van der Waals surface area contributed by atoms with Crippen molar-refractivity contribution in [3.8, 4) is 11.5 Å². The molecule has 1 aliphatic heterocycles. The molecule has 1 aliphatic rings. The fourth-order valence-corrected chi connectivity index (χ4v) is 2.50. The lowest BCUT2D eigenvalue weighted by Gasteiger charge is -2.37. The Labute approximate surface area is 127 Å². The lowest BCUT2D eigenvalue weighted by molar-refractivity contribution is -0.113. The highest BCUT2D eigenvalue weighted by atomic mass is 19.3. The van der Waals surface area contributed by atoms with E-state index in [4.69, 9.17) is 14.6 Å². The zero-order valence-electron chi connectivity index (χ0n) is 12.5. The maximum atomic E-state index is 13.6. The van der Waals surface area contributed by atoms with E-state index in [1.165, 1.54) is 19.1 Å². The van der Waals surface area contributed by atoms with E-state index in [0.29, 0.717) is 11.5 Å². The monoisotopic (exact) mass is 315 g/mol. The maximum absolute atomic E-state index is 13.6. The molecule has 5 nitrogen and oxygen atoms in total. The van der Waals surface area contributed by atoms with Crippen LogP contribution >= 0.6 is 0 Å². The van der Waals surface area contributed by atoms with Gasteiger partial charge in [0, 0.05) is 25.6 Å². The molecule has 0 spiro atoms. The van der Waals surface area contributed by atoms with Crippen molar-refractivity contribution in [3.63, 3.8) is 0 Å². The summed E-state index contributed by atoms with van der Waals surface area (Å²) in [6, 6.07) is 4.72. The Morgan fingerprint density at radius 1 is 1.41 bits per heavy atom. The normalized spacial score (nSPS) is 20.6. The summed E-state index contributed by atoms with van der Waals surface area (Å²) in [5, 5.41) is 9.11. The molecule has 1 amide bonds. The second-order valence-corrected chi connectivity index (χ2v) is 5.21. The summed E-state index contributed by atoms with van der Waals surface area (Å²) in [6.45, 7) is -0.897. The van der Waals surface area contributed by atoms with E-state index < -0.39 is 30.8 Å². The van der Waals surface area contributed by atoms with Crippen LogP contribution in [0.5, 0.6) is 11.5 Å². The van der Waals surface area contributed by atoms with Gasteiger partial charge in [-0.05, 0) is 12.1 Å². The molecule has 0 aliphatic carbocycles. The molecule has 22 heavy (non-hydrogen) atoms. The van der Waals surface area contributed by atoms with E-state index in [9.17, 15) is 13.6 Å². The fraction of sp³-hybridized carbons (Fsp3) is 0.533. The van der Waals surface area contributed by atoms with Crippen LogP contribution in [-0.4, -0.2) is 55.8 Å². The first-order valence-corrected chi connectivity index (χ1v) is 6.93. The van der Waals surface area contributed by atoms with Crippen molar-refractivity contribution in [2.24, 2.45) is 5.92 Å². The third kappa shape index (κ3) is 3.14. The second kappa shape index (κ2) is 6.48. The van der Waals surface area contributed by atoms with Crippen LogP contribution in [0.4, 0.5) is 8.78 Å². The number of hydrogen-bond donors (Lipinski definition) is 1. The predicted molar refractivity (Wildman–Crippen MR) is 75.6 cm³/mol. The molecule has 0 saturated carbocycles. The number of carbonyl (C=O) groups excluding carboxylic acids is 1. The minimum absolute atomic E-state index is 0.0580. The number of nitrogens with zero attached hydrogens (tertiary/aromatic N) is 1.